The van der Waals surface area contributed by atoms with Crippen LogP contribution in [0.4, 0.5) is 5.69 Å². The zero-order valence-corrected chi connectivity index (χ0v) is 13.5. The zero-order chi connectivity index (χ0) is 14.3. The molecular formula is C15H21BrN2O. The molecule has 1 saturated heterocycles. The lowest BCUT2D eigenvalue weighted by atomic mass is 9.90. The highest BCUT2D eigenvalue weighted by Gasteiger charge is 2.42. The number of anilines is 1. The van der Waals surface area contributed by atoms with Crippen LogP contribution in [-0.4, -0.2) is 24.5 Å². The molecule has 1 aromatic rings. The maximum atomic E-state index is 12.9. The van der Waals surface area contributed by atoms with Gasteiger partial charge in [0, 0.05) is 23.2 Å². The molecular weight excluding hydrogens is 304 g/mol. The van der Waals surface area contributed by atoms with Gasteiger partial charge in [-0.1, -0.05) is 22.0 Å². The highest BCUT2D eigenvalue weighted by molar-refractivity contribution is 9.10. The maximum Gasteiger partial charge on any atom is 0.234 e. The third-order valence-electron chi connectivity index (χ3n) is 3.58. The van der Waals surface area contributed by atoms with Crippen molar-refractivity contribution in [1.82, 2.24) is 5.32 Å². The Bertz CT molecular complexity index is 497. The summed E-state index contributed by atoms with van der Waals surface area (Å²) in [6, 6.07) is 7.93. The smallest absolute Gasteiger partial charge is 0.234 e. The second-order valence-electron chi connectivity index (χ2n) is 6.42. The fraction of sp³-hybridized carbons (Fsp3) is 0.533. The van der Waals surface area contributed by atoms with Gasteiger partial charge in [0.05, 0.1) is 11.0 Å². The average Bonchev–Trinajstić information content (AvgIpc) is 2.34. The number of nitrogens with zero attached hydrogens (tertiary/aromatic N) is 1. The molecule has 2 rings (SSSR count). The van der Waals surface area contributed by atoms with Crippen LogP contribution in [0.5, 0.6) is 0 Å². The number of hydrogen-bond acceptors (Lipinski definition) is 2. The third kappa shape index (κ3) is 2.84. The summed E-state index contributed by atoms with van der Waals surface area (Å²) in [5, 5.41) is 3.40. The van der Waals surface area contributed by atoms with E-state index in [9.17, 15) is 4.79 Å². The third-order valence-corrected chi connectivity index (χ3v) is 4.07. The Morgan fingerprint density at radius 3 is 2.53 bits per heavy atom. The molecule has 0 aromatic heterocycles. The first kappa shape index (κ1) is 14.5. The predicted molar refractivity (Wildman–Crippen MR) is 82.4 cm³/mol. The Hall–Kier alpha value is -0.870. The topological polar surface area (TPSA) is 32.3 Å². The van der Waals surface area contributed by atoms with Gasteiger partial charge in [0.1, 0.15) is 0 Å². The van der Waals surface area contributed by atoms with Gasteiger partial charge in [0.15, 0.2) is 0 Å². The highest BCUT2D eigenvalue weighted by Crippen LogP contribution is 2.33. The Kier molecular flexibility index (Phi) is 3.76. The van der Waals surface area contributed by atoms with Crippen LogP contribution in [0.15, 0.2) is 28.7 Å². The molecule has 0 spiro atoms. The molecule has 0 unspecified atom stereocenters. The van der Waals surface area contributed by atoms with Gasteiger partial charge in [-0.25, -0.2) is 0 Å². The minimum Gasteiger partial charge on any atom is -0.313 e. The second kappa shape index (κ2) is 4.91. The number of hydrogen-bond donors (Lipinski definition) is 1. The fourth-order valence-electron chi connectivity index (χ4n) is 2.50. The molecule has 1 fully saturated rings. The van der Waals surface area contributed by atoms with Crippen LogP contribution in [0.1, 0.15) is 27.7 Å². The van der Waals surface area contributed by atoms with Crippen LogP contribution < -0.4 is 10.2 Å². The van der Waals surface area contributed by atoms with Crippen molar-refractivity contribution in [2.24, 2.45) is 5.41 Å². The van der Waals surface area contributed by atoms with Gasteiger partial charge < -0.3 is 10.2 Å². The van der Waals surface area contributed by atoms with E-state index in [2.05, 4.69) is 35.1 Å². The summed E-state index contributed by atoms with van der Waals surface area (Å²) in [6.07, 6.45) is 0. The van der Waals surface area contributed by atoms with E-state index in [1.165, 1.54) is 0 Å². The molecule has 1 aromatic carbocycles. The number of carbonyl (C=O) groups excluding carboxylic acids is 1. The molecule has 104 valence electrons. The molecule has 3 nitrogen and oxygen atoms in total. The van der Waals surface area contributed by atoms with E-state index in [1.54, 1.807) is 0 Å². The molecule has 1 heterocycles. The average molecular weight is 325 g/mol. The van der Waals surface area contributed by atoms with E-state index in [-0.39, 0.29) is 11.4 Å². The lowest BCUT2D eigenvalue weighted by Gasteiger charge is -2.39. The van der Waals surface area contributed by atoms with Crippen molar-refractivity contribution in [3.63, 3.8) is 0 Å². The molecule has 0 radical (unpaired) electrons. The van der Waals surface area contributed by atoms with Crippen molar-refractivity contribution in [3.05, 3.63) is 28.7 Å². The first-order valence-corrected chi connectivity index (χ1v) is 7.34. The van der Waals surface area contributed by atoms with Crippen molar-refractivity contribution in [2.45, 2.75) is 33.2 Å². The maximum absolute atomic E-state index is 12.9. The van der Waals surface area contributed by atoms with E-state index in [4.69, 9.17) is 0 Å². The summed E-state index contributed by atoms with van der Waals surface area (Å²) in [4.78, 5) is 14.8. The van der Waals surface area contributed by atoms with Gasteiger partial charge >= 0.3 is 0 Å². The van der Waals surface area contributed by atoms with Crippen LogP contribution in [-0.2, 0) is 4.79 Å². The Labute approximate surface area is 123 Å². The molecule has 1 N–H and O–H groups in total. The Balaban J connectivity index is 2.51. The van der Waals surface area contributed by atoms with E-state index < -0.39 is 5.41 Å². The first-order valence-electron chi connectivity index (χ1n) is 6.55. The Morgan fingerprint density at radius 2 is 1.89 bits per heavy atom. The van der Waals surface area contributed by atoms with Gasteiger partial charge in [-0.05, 0) is 45.9 Å². The molecule has 0 atom stereocenters. The Morgan fingerprint density at radius 1 is 1.21 bits per heavy atom. The molecule has 1 amide bonds. The van der Waals surface area contributed by atoms with Crippen LogP contribution in [0.25, 0.3) is 0 Å². The van der Waals surface area contributed by atoms with Crippen molar-refractivity contribution >= 4 is 27.5 Å². The summed E-state index contributed by atoms with van der Waals surface area (Å²) in [5.74, 6) is 0.167. The van der Waals surface area contributed by atoms with Crippen LogP contribution in [0.2, 0.25) is 0 Å². The molecule has 1 aliphatic heterocycles. The van der Waals surface area contributed by atoms with Gasteiger partial charge in [0.2, 0.25) is 5.91 Å². The summed E-state index contributed by atoms with van der Waals surface area (Å²) in [7, 11) is 0. The SMILES string of the molecule is CC1(C)CNCC(C)(C)N(c2cccc(Br)c2)C1=O. The van der Waals surface area contributed by atoms with Crippen LogP contribution in [0, 0.1) is 5.41 Å². The quantitative estimate of drug-likeness (QED) is 0.860. The number of nitrogens with one attached hydrogen (secondary N) is 1. The zero-order valence-electron chi connectivity index (χ0n) is 12.0. The standard InChI is InChI=1S/C15H21BrN2O/c1-14(2)9-17-10-15(3,4)18(13(14)19)12-7-5-6-11(16)8-12/h5-8,17H,9-10H2,1-4H3. The van der Waals surface area contributed by atoms with Crippen molar-refractivity contribution in [2.75, 3.05) is 18.0 Å². The van der Waals surface area contributed by atoms with E-state index in [1.807, 2.05) is 43.0 Å². The van der Waals surface area contributed by atoms with Crippen LogP contribution >= 0.6 is 15.9 Å². The van der Waals surface area contributed by atoms with E-state index >= 15 is 0 Å². The van der Waals surface area contributed by atoms with Crippen molar-refractivity contribution < 1.29 is 4.79 Å². The molecule has 19 heavy (non-hydrogen) atoms. The van der Waals surface area contributed by atoms with Crippen LogP contribution in [0.3, 0.4) is 0 Å². The molecule has 0 bridgehead atoms. The largest absolute Gasteiger partial charge is 0.313 e. The summed E-state index contributed by atoms with van der Waals surface area (Å²) in [6.45, 7) is 9.68. The molecule has 0 saturated carbocycles. The minimum atomic E-state index is -0.393. The van der Waals surface area contributed by atoms with Gasteiger partial charge in [0.25, 0.3) is 0 Å². The summed E-state index contributed by atoms with van der Waals surface area (Å²) in [5.41, 5.74) is 0.308. The van der Waals surface area contributed by atoms with Gasteiger partial charge in [-0.3, -0.25) is 4.79 Å². The lowest BCUT2D eigenvalue weighted by Crippen LogP contribution is -2.53. The number of benzene rings is 1. The first-order chi connectivity index (χ1) is 8.74. The van der Waals surface area contributed by atoms with Gasteiger partial charge in [-0.2, -0.15) is 0 Å². The molecule has 0 aliphatic carbocycles. The van der Waals surface area contributed by atoms with Crippen molar-refractivity contribution in [1.29, 1.82) is 0 Å². The highest BCUT2D eigenvalue weighted by atomic mass is 79.9. The minimum absolute atomic E-state index is 0.167. The summed E-state index contributed by atoms with van der Waals surface area (Å²) >= 11 is 3.48. The summed E-state index contributed by atoms with van der Waals surface area (Å²) < 4.78 is 0.989. The second-order valence-corrected chi connectivity index (χ2v) is 7.34. The van der Waals surface area contributed by atoms with Crippen molar-refractivity contribution in [3.8, 4) is 0 Å². The monoisotopic (exact) mass is 324 g/mol. The number of rotatable bonds is 1. The van der Waals surface area contributed by atoms with E-state index in [0.29, 0.717) is 6.54 Å². The normalized spacial score (nSPS) is 22.2. The molecule has 1 aliphatic rings. The number of carbonyl (C=O) groups is 1. The number of halogens is 1. The lowest BCUT2D eigenvalue weighted by molar-refractivity contribution is -0.126. The van der Waals surface area contributed by atoms with E-state index in [0.717, 1.165) is 16.7 Å². The molecule has 4 heteroatoms. The predicted octanol–water partition coefficient (Wildman–Crippen LogP) is 3.19. The number of amides is 1. The van der Waals surface area contributed by atoms with Gasteiger partial charge in [-0.15, -0.1) is 0 Å². The fourth-order valence-corrected chi connectivity index (χ4v) is 2.88.